The Bertz CT molecular complexity index is 207. The smallest absolute Gasteiger partial charge is 0.0195 e. The van der Waals surface area contributed by atoms with Crippen molar-refractivity contribution in [1.29, 1.82) is 0 Å². The zero-order valence-electron chi connectivity index (χ0n) is 13.2. The Labute approximate surface area is 115 Å². The van der Waals surface area contributed by atoms with Gasteiger partial charge < -0.3 is 5.32 Å². The van der Waals surface area contributed by atoms with Gasteiger partial charge in [0.2, 0.25) is 0 Å². The summed E-state index contributed by atoms with van der Waals surface area (Å²) in [5, 5.41) is 3.60. The summed E-state index contributed by atoms with van der Waals surface area (Å²) in [6.45, 7) is 14.0. The minimum absolute atomic E-state index is 0.600. The summed E-state index contributed by atoms with van der Waals surface area (Å²) < 4.78 is 0. The summed E-state index contributed by atoms with van der Waals surface area (Å²) >= 11 is 0. The Balaban J connectivity index is 2.46. The summed E-state index contributed by atoms with van der Waals surface area (Å²) in [6, 6.07) is 2.13. The third kappa shape index (κ3) is 5.71. The van der Waals surface area contributed by atoms with Crippen LogP contribution in [0.4, 0.5) is 0 Å². The van der Waals surface area contributed by atoms with Gasteiger partial charge in [0.15, 0.2) is 0 Å². The maximum absolute atomic E-state index is 3.60. The van der Waals surface area contributed by atoms with Crippen LogP contribution >= 0.6 is 0 Å². The summed E-state index contributed by atoms with van der Waals surface area (Å²) in [5.74, 6) is 0.819. The van der Waals surface area contributed by atoms with Crippen molar-refractivity contribution in [3.63, 3.8) is 0 Å². The van der Waals surface area contributed by atoms with Crippen molar-refractivity contribution in [1.82, 2.24) is 10.2 Å². The third-order valence-corrected chi connectivity index (χ3v) is 4.15. The molecule has 0 radical (unpaired) electrons. The van der Waals surface area contributed by atoms with Crippen molar-refractivity contribution < 1.29 is 0 Å². The topological polar surface area (TPSA) is 15.3 Å². The van der Waals surface area contributed by atoms with Crippen molar-refractivity contribution >= 4 is 0 Å². The second kappa shape index (κ2) is 8.16. The van der Waals surface area contributed by atoms with E-state index in [0.29, 0.717) is 12.1 Å². The van der Waals surface area contributed by atoms with Gasteiger partial charge >= 0.3 is 0 Å². The normalized spacial score (nSPS) is 19.3. The molecule has 0 bridgehead atoms. The van der Waals surface area contributed by atoms with Crippen LogP contribution < -0.4 is 5.32 Å². The molecule has 2 nitrogen and oxygen atoms in total. The predicted molar refractivity (Wildman–Crippen MR) is 81.0 cm³/mol. The zero-order valence-corrected chi connectivity index (χ0v) is 13.2. The molecule has 0 amide bonds. The minimum Gasteiger partial charge on any atom is -0.313 e. The van der Waals surface area contributed by atoms with Gasteiger partial charge in [0.1, 0.15) is 0 Å². The molecule has 0 aromatic heterocycles. The van der Waals surface area contributed by atoms with E-state index in [1.54, 1.807) is 0 Å². The molecule has 108 valence electrons. The van der Waals surface area contributed by atoms with E-state index in [9.17, 15) is 0 Å². The Morgan fingerprint density at radius 1 is 1.06 bits per heavy atom. The van der Waals surface area contributed by atoms with E-state index >= 15 is 0 Å². The molecule has 1 rings (SSSR count). The summed E-state index contributed by atoms with van der Waals surface area (Å²) in [5.41, 5.74) is 0. The molecule has 0 aliphatic heterocycles. The minimum atomic E-state index is 0.600. The summed E-state index contributed by atoms with van der Waals surface area (Å²) in [6.07, 6.45) is 7.05. The average molecular weight is 254 g/mol. The predicted octanol–water partition coefficient (Wildman–Crippen LogP) is 3.66. The molecule has 1 N–H and O–H groups in total. The fourth-order valence-corrected chi connectivity index (χ4v) is 2.93. The Kier molecular flexibility index (Phi) is 7.25. The lowest BCUT2D eigenvalue weighted by atomic mass is 10.1. The van der Waals surface area contributed by atoms with Crippen molar-refractivity contribution in [3.05, 3.63) is 0 Å². The van der Waals surface area contributed by atoms with E-state index < -0.39 is 0 Å². The number of hydrogen-bond acceptors (Lipinski definition) is 2. The fourth-order valence-electron chi connectivity index (χ4n) is 2.93. The number of nitrogens with one attached hydrogen (secondary N) is 1. The zero-order chi connectivity index (χ0) is 13.5. The highest BCUT2D eigenvalue weighted by Gasteiger charge is 2.26. The van der Waals surface area contributed by atoms with Gasteiger partial charge in [-0.05, 0) is 38.6 Å². The molecular formula is C16H34N2. The van der Waals surface area contributed by atoms with Crippen LogP contribution in [0, 0.1) is 5.92 Å². The molecule has 0 saturated heterocycles. The lowest BCUT2D eigenvalue weighted by Gasteiger charge is -2.35. The molecule has 1 saturated carbocycles. The van der Waals surface area contributed by atoms with Crippen LogP contribution in [0.2, 0.25) is 0 Å². The van der Waals surface area contributed by atoms with Crippen molar-refractivity contribution in [2.45, 2.75) is 84.8 Å². The molecule has 0 aromatic carbocycles. The summed E-state index contributed by atoms with van der Waals surface area (Å²) in [7, 11) is 0. The van der Waals surface area contributed by atoms with E-state index in [1.165, 1.54) is 38.6 Å². The Hall–Kier alpha value is -0.0800. The van der Waals surface area contributed by atoms with Gasteiger partial charge in [-0.1, -0.05) is 40.5 Å². The van der Waals surface area contributed by atoms with E-state index in [1.807, 2.05) is 0 Å². The van der Waals surface area contributed by atoms with Crippen LogP contribution in [0.15, 0.2) is 0 Å². The van der Waals surface area contributed by atoms with Gasteiger partial charge in [0.05, 0.1) is 0 Å². The van der Waals surface area contributed by atoms with Crippen LogP contribution in [0.3, 0.4) is 0 Å². The van der Waals surface area contributed by atoms with Gasteiger partial charge in [0, 0.05) is 24.7 Å². The Morgan fingerprint density at radius 2 is 1.67 bits per heavy atom. The van der Waals surface area contributed by atoms with Crippen molar-refractivity contribution in [2.24, 2.45) is 5.92 Å². The van der Waals surface area contributed by atoms with Crippen LogP contribution in [-0.2, 0) is 0 Å². The standard InChI is InChI=1S/C16H34N2/c1-13(2)10-11-18(16-8-6-7-9-16)15(5)12-17-14(3)4/h13-17H,6-12H2,1-5H3. The maximum Gasteiger partial charge on any atom is 0.0195 e. The highest BCUT2D eigenvalue weighted by atomic mass is 15.2. The highest BCUT2D eigenvalue weighted by Crippen LogP contribution is 2.25. The van der Waals surface area contributed by atoms with Gasteiger partial charge in [-0.3, -0.25) is 4.90 Å². The molecule has 1 aliphatic rings. The molecular weight excluding hydrogens is 220 g/mol. The largest absolute Gasteiger partial charge is 0.313 e. The van der Waals surface area contributed by atoms with Gasteiger partial charge in [-0.25, -0.2) is 0 Å². The molecule has 1 fully saturated rings. The van der Waals surface area contributed by atoms with Gasteiger partial charge in [0.25, 0.3) is 0 Å². The molecule has 0 heterocycles. The van der Waals surface area contributed by atoms with Crippen LogP contribution in [0.5, 0.6) is 0 Å². The first-order valence-electron chi connectivity index (χ1n) is 7.99. The first kappa shape index (κ1) is 16.0. The molecule has 1 unspecified atom stereocenters. The molecule has 1 atom stereocenters. The number of nitrogens with zero attached hydrogens (tertiary/aromatic N) is 1. The lowest BCUT2D eigenvalue weighted by Crippen LogP contribution is -2.47. The third-order valence-electron chi connectivity index (χ3n) is 4.15. The van der Waals surface area contributed by atoms with E-state index in [4.69, 9.17) is 0 Å². The summed E-state index contributed by atoms with van der Waals surface area (Å²) in [4.78, 5) is 2.78. The Morgan fingerprint density at radius 3 is 2.17 bits per heavy atom. The first-order chi connectivity index (χ1) is 8.50. The second-order valence-electron chi connectivity index (χ2n) is 6.77. The monoisotopic (exact) mass is 254 g/mol. The molecule has 0 aromatic rings. The highest BCUT2D eigenvalue weighted by molar-refractivity contribution is 4.82. The SMILES string of the molecule is CC(C)CCN(C(C)CNC(C)C)C1CCCC1. The molecule has 2 heteroatoms. The molecule has 1 aliphatic carbocycles. The number of hydrogen-bond donors (Lipinski definition) is 1. The van der Waals surface area contributed by atoms with Crippen LogP contribution in [-0.4, -0.2) is 36.1 Å². The van der Waals surface area contributed by atoms with Crippen LogP contribution in [0.1, 0.15) is 66.7 Å². The maximum atomic E-state index is 3.60. The lowest BCUT2D eigenvalue weighted by molar-refractivity contribution is 0.133. The van der Waals surface area contributed by atoms with Crippen molar-refractivity contribution in [2.75, 3.05) is 13.1 Å². The quantitative estimate of drug-likeness (QED) is 0.711. The van der Waals surface area contributed by atoms with Gasteiger partial charge in [-0.2, -0.15) is 0 Å². The molecule has 0 spiro atoms. The first-order valence-corrected chi connectivity index (χ1v) is 7.99. The second-order valence-corrected chi connectivity index (χ2v) is 6.77. The van der Waals surface area contributed by atoms with Crippen LogP contribution in [0.25, 0.3) is 0 Å². The fraction of sp³-hybridized carbons (Fsp3) is 1.00. The average Bonchev–Trinajstić information content (AvgIpc) is 2.79. The van der Waals surface area contributed by atoms with Gasteiger partial charge in [-0.15, -0.1) is 0 Å². The van der Waals surface area contributed by atoms with Crippen molar-refractivity contribution in [3.8, 4) is 0 Å². The van der Waals surface area contributed by atoms with E-state index in [0.717, 1.165) is 18.5 Å². The number of rotatable bonds is 8. The van der Waals surface area contributed by atoms with E-state index in [-0.39, 0.29) is 0 Å². The molecule has 18 heavy (non-hydrogen) atoms. The van der Waals surface area contributed by atoms with E-state index in [2.05, 4.69) is 44.8 Å².